The lowest BCUT2D eigenvalue weighted by Crippen LogP contribution is -1.98. The second-order valence-corrected chi connectivity index (χ2v) is 4.18. The summed E-state index contributed by atoms with van der Waals surface area (Å²) in [5, 5.41) is 0. The highest BCUT2D eigenvalue weighted by Gasteiger charge is 2.10. The van der Waals surface area contributed by atoms with Gasteiger partial charge in [0.25, 0.3) is 0 Å². The second-order valence-electron chi connectivity index (χ2n) is 3.00. The standard InChI is InChI=1S/C10H13F2OSi/c1-13-10-7-3-2-5-9(10)6-4-8-14(11)12/h2-3,5,7H,4,6,8H2,1H3. The highest BCUT2D eigenvalue weighted by atomic mass is 28.4. The van der Waals surface area contributed by atoms with Crippen LogP contribution in [0.1, 0.15) is 12.0 Å². The minimum Gasteiger partial charge on any atom is -0.496 e. The highest BCUT2D eigenvalue weighted by Crippen LogP contribution is 2.19. The number of rotatable bonds is 5. The van der Waals surface area contributed by atoms with Gasteiger partial charge in [0.05, 0.1) is 7.11 Å². The zero-order valence-electron chi connectivity index (χ0n) is 8.09. The van der Waals surface area contributed by atoms with Gasteiger partial charge in [-0.2, -0.15) is 0 Å². The van der Waals surface area contributed by atoms with Gasteiger partial charge in [-0.1, -0.05) is 18.2 Å². The molecule has 0 aliphatic heterocycles. The molecule has 0 aliphatic rings. The van der Waals surface area contributed by atoms with Gasteiger partial charge in [-0.3, -0.25) is 8.22 Å². The summed E-state index contributed by atoms with van der Waals surface area (Å²) in [5.41, 5.74) is 1.01. The second kappa shape index (κ2) is 5.75. The van der Waals surface area contributed by atoms with E-state index in [-0.39, 0.29) is 6.04 Å². The van der Waals surface area contributed by atoms with E-state index in [1.54, 1.807) is 7.11 Å². The van der Waals surface area contributed by atoms with E-state index >= 15 is 0 Å². The first-order valence-corrected chi connectivity index (χ1v) is 5.99. The Bertz CT molecular complexity index is 279. The molecule has 0 aromatic heterocycles. The molecule has 0 saturated heterocycles. The van der Waals surface area contributed by atoms with Crippen LogP contribution < -0.4 is 4.74 Å². The fraction of sp³-hybridized carbons (Fsp3) is 0.400. The summed E-state index contributed by atoms with van der Waals surface area (Å²) in [6, 6.07) is 7.60. The van der Waals surface area contributed by atoms with Crippen LogP contribution in [-0.2, 0) is 6.42 Å². The molecule has 1 rings (SSSR count). The molecule has 0 N–H and O–H groups in total. The van der Waals surface area contributed by atoms with Crippen molar-refractivity contribution in [2.24, 2.45) is 0 Å². The molecule has 0 unspecified atom stereocenters. The SMILES string of the molecule is COc1ccccc1CCC[Si](F)F. The van der Waals surface area contributed by atoms with Crippen molar-refractivity contribution in [1.29, 1.82) is 0 Å². The quantitative estimate of drug-likeness (QED) is 0.542. The van der Waals surface area contributed by atoms with E-state index in [0.717, 1.165) is 11.3 Å². The number of hydrogen-bond acceptors (Lipinski definition) is 1. The summed E-state index contributed by atoms with van der Waals surface area (Å²) < 4.78 is 29.1. The average molecular weight is 215 g/mol. The Kier molecular flexibility index (Phi) is 4.59. The molecule has 4 heteroatoms. The van der Waals surface area contributed by atoms with E-state index in [0.29, 0.717) is 12.8 Å². The van der Waals surface area contributed by atoms with Gasteiger partial charge in [0, 0.05) is 6.04 Å². The first-order valence-electron chi connectivity index (χ1n) is 4.52. The van der Waals surface area contributed by atoms with Crippen LogP contribution >= 0.6 is 0 Å². The van der Waals surface area contributed by atoms with E-state index in [4.69, 9.17) is 4.74 Å². The molecule has 1 nitrogen and oxygen atoms in total. The maximum Gasteiger partial charge on any atom is 0.476 e. The molecular formula is C10H13F2OSi. The van der Waals surface area contributed by atoms with Crippen molar-refractivity contribution < 1.29 is 13.0 Å². The molecule has 1 aromatic carbocycles. The molecule has 14 heavy (non-hydrogen) atoms. The van der Waals surface area contributed by atoms with Gasteiger partial charge >= 0.3 is 9.46 Å². The van der Waals surface area contributed by atoms with Gasteiger partial charge in [0.15, 0.2) is 0 Å². The third-order valence-corrected chi connectivity index (χ3v) is 2.74. The number of hydrogen-bond donors (Lipinski definition) is 0. The van der Waals surface area contributed by atoms with Crippen LogP contribution in [-0.4, -0.2) is 16.6 Å². The smallest absolute Gasteiger partial charge is 0.476 e. The summed E-state index contributed by atoms with van der Waals surface area (Å²) >= 11 is 0. The Hall–Kier alpha value is -0.903. The number of aryl methyl sites for hydroxylation is 1. The Morgan fingerprint density at radius 1 is 1.29 bits per heavy atom. The summed E-state index contributed by atoms with van der Waals surface area (Å²) in [4.78, 5) is 0. The van der Waals surface area contributed by atoms with E-state index in [9.17, 15) is 8.22 Å². The summed E-state index contributed by atoms with van der Waals surface area (Å²) in [6.45, 7) is 0. The molecule has 0 atom stereocenters. The summed E-state index contributed by atoms with van der Waals surface area (Å²) in [7, 11) is -1.47. The van der Waals surface area contributed by atoms with Gasteiger partial charge in [0.1, 0.15) is 5.75 Å². The van der Waals surface area contributed by atoms with Gasteiger partial charge < -0.3 is 4.74 Å². The maximum atomic E-state index is 12.0. The first kappa shape index (κ1) is 11.2. The molecule has 0 aliphatic carbocycles. The number of halogens is 2. The number of benzene rings is 1. The van der Waals surface area contributed by atoms with Crippen LogP contribution in [0.4, 0.5) is 8.22 Å². The zero-order chi connectivity index (χ0) is 10.4. The lowest BCUT2D eigenvalue weighted by atomic mass is 10.1. The third-order valence-electron chi connectivity index (χ3n) is 2.00. The van der Waals surface area contributed by atoms with Crippen molar-refractivity contribution in [3.8, 4) is 5.75 Å². The zero-order valence-corrected chi connectivity index (χ0v) is 9.09. The molecule has 0 amide bonds. The normalized spacial score (nSPS) is 10.6. The molecule has 0 fully saturated rings. The van der Waals surface area contributed by atoms with Crippen molar-refractivity contribution in [3.63, 3.8) is 0 Å². The lowest BCUT2D eigenvalue weighted by Gasteiger charge is -2.06. The Labute approximate surface area is 84.7 Å². The van der Waals surface area contributed by atoms with E-state index in [1.165, 1.54) is 0 Å². The average Bonchev–Trinajstić information content (AvgIpc) is 2.18. The van der Waals surface area contributed by atoms with Gasteiger partial charge in [0.2, 0.25) is 0 Å². The van der Waals surface area contributed by atoms with Crippen LogP contribution in [0.3, 0.4) is 0 Å². The summed E-state index contributed by atoms with van der Waals surface area (Å²) in [6.07, 6.45) is 1.22. The van der Waals surface area contributed by atoms with Crippen LogP contribution in [0.2, 0.25) is 6.04 Å². The van der Waals surface area contributed by atoms with Gasteiger partial charge in [-0.15, -0.1) is 0 Å². The molecule has 1 aromatic rings. The molecule has 0 heterocycles. The van der Waals surface area contributed by atoms with Crippen molar-refractivity contribution >= 4 is 9.46 Å². The van der Waals surface area contributed by atoms with Gasteiger partial charge in [-0.05, 0) is 24.5 Å². The van der Waals surface area contributed by atoms with E-state index < -0.39 is 9.46 Å². The molecule has 1 radical (unpaired) electrons. The van der Waals surface area contributed by atoms with Crippen LogP contribution in [0.15, 0.2) is 24.3 Å². The van der Waals surface area contributed by atoms with Crippen molar-refractivity contribution in [3.05, 3.63) is 29.8 Å². The predicted molar refractivity (Wildman–Crippen MR) is 54.1 cm³/mol. The number of ether oxygens (including phenoxy) is 1. The third kappa shape index (κ3) is 3.45. The van der Waals surface area contributed by atoms with Crippen molar-refractivity contribution in [1.82, 2.24) is 0 Å². The number of para-hydroxylation sites is 1. The highest BCUT2D eigenvalue weighted by molar-refractivity contribution is 6.42. The fourth-order valence-corrected chi connectivity index (χ4v) is 1.77. The molecule has 0 spiro atoms. The molecule has 0 bridgehead atoms. The first-order chi connectivity index (χ1) is 6.74. The topological polar surface area (TPSA) is 9.23 Å². The minimum atomic E-state index is -3.06. The molecule has 0 saturated carbocycles. The monoisotopic (exact) mass is 215 g/mol. The van der Waals surface area contributed by atoms with E-state index in [2.05, 4.69) is 0 Å². The Balaban J connectivity index is 2.49. The lowest BCUT2D eigenvalue weighted by molar-refractivity contribution is 0.409. The maximum absolute atomic E-state index is 12.0. The van der Waals surface area contributed by atoms with Crippen LogP contribution in [0, 0.1) is 0 Å². The predicted octanol–water partition coefficient (Wildman–Crippen LogP) is 3.06. The molecular weight excluding hydrogens is 202 g/mol. The van der Waals surface area contributed by atoms with Crippen LogP contribution in [0.5, 0.6) is 5.75 Å². The van der Waals surface area contributed by atoms with E-state index in [1.807, 2.05) is 24.3 Å². The largest absolute Gasteiger partial charge is 0.496 e. The fourth-order valence-electron chi connectivity index (χ4n) is 1.32. The van der Waals surface area contributed by atoms with Crippen molar-refractivity contribution in [2.45, 2.75) is 18.9 Å². The van der Waals surface area contributed by atoms with Gasteiger partial charge in [-0.25, -0.2) is 0 Å². The Morgan fingerprint density at radius 2 is 2.00 bits per heavy atom. The Morgan fingerprint density at radius 3 is 2.64 bits per heavy atom. The minimum absolute atomic E-state index is 0.0582. The molecule has 77 valence electrons. The van der Waals surface area contributed by atoms with Crippen LogP contribution in [0.25, 0.3) is 0 Å². The van der Waals surface area contributed by atoms with Crippen molar-refractivity contribution in [2.75, 3.05) is 7.11 Å². The summed E-state index contributed by atoms with van der Waals surface area (Å²) in [5.74, 6) is 0.791. The number of methoxy groups -OCH3 is 1.